The lowest BCUT2D eigenvalue weighted by atomic mass is 10.1. The second-order valence-corrected chi connectivity index (χ2v) is 6.17. The smallest absolute Gasteiger partial charge is 0.203 e. The van der Waals surface area contributed by atoms with E-state index in [1.807, 2.05) is 12.1 Å². The van der Waals surface area contributed by atoms with Crippen LogP contribution in [0.1, 0.15) is 17.5 Å². The number of aryl methyl sites for hydroxylation is 1. The second kappa shape index (κ2) is 8.63. The van der Waals surface area contributed by atoms with Gasteiger partial charge in [-0.25, -0.2) is 0 Å². The van der Waals surface area contributed by atoms with Crippen molar-refractivity contribution in [3.63, 3.8) is 0 Å². The first-order valence-corrected chi connectivity index (χ1v) is 8.81. The molecule has 0 saturated carbocycles. The van der Waals surface area contributed by atoms with E-state index in [9.17, 15) is 0 Å². The molecule has 26 heavy (non-hydrogen) atoms. The number of hydrogen-bond acceptors (Lipinski definition) is 4. The fraction of sp³-hybridized carbons (Fsp3) is 0.333. The lowest BCUT2D eigenvalue weighted by Gasteiger charge is -2.14. The van der Waals surface area contributed by atoms with Crippen molar-refractivity contribution >= 4 is 10.9 Å². The predicted molar refractivity (Wildman–Crippen MR) is 104 cm³/mol. The van der Waals surface area contributed by atoms with E-state index >= 15 is 0 Å². The van der Waals surface area contributed by atoms with Crippen molar-refractivity contribution in [3.8, 4) is 17.2 Å². The molecule has 3 aromatic rings. The number of ether oxygens (including phenoxy) is 3. The first-order chi connectivity index (χ1) is 12.8. The molecule has 0 radical (unpaired) electrons. The van der Waals surface area contributed by atoms with Crippen molar-refractivity contribution in [1.29, 1.82) is 0 Å². The Labute approximate surface area is 154 Å². The molecule has 5 nitrogen and oxygen atoms in total. The fourth-order valence-corrected chi connectivity index (χ4v) is 3.21. The van der Waals surface area contributed by atoms with Gasteiger partial charge >= 0.3 is 0 Å². The van der Waals surface area contributed by atoms with Crippen molar-refractivity contribution in [2.75, 3.05) is 27.9 Å². The van der Waals surface area contributed by atoms with Gasteiger partial charge in [0.2, 0.25) is 5.75 Å². The van der Waals surface area contributed by atoms with Crippen LogP contribution in [-0.4, -0.2) is 32.9 Å². The van der Waals surface area contributed by atoms with Gasteiger partial charge in [0, 0.05) is 23.6 Å². The van der Waals surface area contributed by atoms with E-state index < -0.39 is 0 Å². The summed E-state index contributed by atoms with van der Waals surface area (Å²) in [6.45, 7) is 1.70. The Morgan fingerprint density at radius 1 is 0.962 bits per heavy atom. The van der Waals surface area contributed by atoms with E-state index in [2.05, 4.69) is 40.8 Å². The normalized spacial score (nSPS) is 10.9. The van der Waals surface area contributed by atoms with Gasteiger partial charge < -0.3 is 24.5 Å². The minimum atomic E-state index is 0.623. The molecule has 0 aliphatic heterocycles. The van der Waals surface area contributed by atoms with Crippen molar-refractivity contribution < 1.29 is 14.2 Å². The molecule has 5 heteroatoms. The van der Waals surface area contributed by atoms with Crippen molar-refractivity contribution in [3.05, 3.63) is 53.7 Å². The summed E-state index contributed by atoms with van der Waals surface area (Å²) in [6, 6.07) is 12.4. The average Bonchev–Trinajstić information content (AvgIpc) is 3.10. The zero-order valence-electron chi connectivity index (χ0n) is 15.6. The third-order valence-electron chi connectivity index (χ3n) is 4.53. The van der Waals surface area contributed by atoms with Crippen LogP contribution in [0.2, 0.25) is 0 Å². The highest BCUT2D eigenvalue weighted by Crippen LogP contribution is 2.38. The lowest BCUT2D eigenvalue weighted by Crippen LogP contribution is -2.15. The van der Waals surface area contributed by atoms with Crippen LogP contribution in [-0.2, 0) is 13.0 Å². The van der Waals surface area contributed by atoms with Gasteiger partial charge in [-0.2, -0.15) is 0 Å². The topological polar surface area (TPSA) is 55.5 Å². The molecule has 1 aromatic heterocycles. The molecule has 0 atom stereocenters. The molecule has 0 bridgehead atoms. The van der Waals surface area contributed by atoms with Crippen LogP contribution in [0.5, 0.6) is 17.2 Å². The van der Waals surface area contributed by atoms with Gasteiger partial charge in [0.25, 0.3) is 0 Å². The molecule has 0 fully saturated rings. The summed E-state index contributed by atoms with van der Waals surface area (Å²) in [5.74, 6) is 1.99. The molecular weight excluding hydrogens is 328 g/mol. The Morgan fingerprint density at radius 3 is 2.38 bits per heavy atom. The third kappa shape index (κ3) is 3.94. The minimum Gasteiger partial charge on any atom is -0.493 e. The van der Waals surface area contributed by atoms with Crippen molar-refractivity contribution in [2.24, 2.45) is 0 Å². The summed E-state index contributed by atoms with van der Waals surface area (Å²) in [6.07, 6.45) is 4.24. The minimum absolute atomic E-state index is 0.623. The highest BCUT2D eigenvalue weighted by Gasteiger charge is 2.12. The maximum atomic E-state index is 5.40. The average molecular weight is 354 g/mol. The van der Waals surface area contributed by atoms with E-state index in [0.717, 1.165) is 31.5 Å². The van der Waals surface area contributed by atoms with Gasteiger partial charge in [-0.1, -0.05) is 18.2 Å². The molecule has 3 rings (SSSR count). The number of benzene rings is 2. The number of nitrogens with one attached hydrogen (secondary N) is 2. The molecule has 0 saturated heterocycles. The van der Waals surface area contributed by atoms with E-state index in [-0.39, 0.29) is 0 Å². The molecule has 2 N–H and O–H groups in total. The molecule has 0 unspecified atom stereocenters. The van der Waals surface area contributed by atoms with Gasteiger partial charge in [-0.15, -0.1) is 0 Å². The second-order valence-electron chi connectivity index (χ2n) is 6.17. The van der Waals surface area contributed by atoms with Crippen LogP contribution < -0.4 is 19.5 Å². The highest BCUT2D eigenvalue weighted by atomic mass is 16.5. The number of H-pyrrole nitrogens is 1. The number of methoxy groups -OCH3 is 3. The number of hydrogen-bond donors (Lipinski definition) is 2. The van der Waals surface area contributed by atoms with Gasteiger partial charge in [0.1, 0.15) is 0 Å². The first-order valence-electron chi connectivity index (χ1n) is 8.81. The SMILES string of the molecule is COc1cc(CNCCCc2c[nH]c3ccccc23)cc(OC)c1OC. The summed E-state index contributed by atoms with van der Waals surface area (Å²) in [4.78, 5) is 3.33. The zero-order chi connectivity index (χ0) is 18.4. The van der Waals surface area contributed by atoms with E-state index in [1.165, 1.54) is 16.5 Å². The van der Waals surface area contributed by atoms with Gasteiger partial charge in [-0.05, 0) is 48.7 Å². The molecule has 1 heterocycles. The zero-order valence-corrected chi connectivity index (χ0v) is 15.6. The van der Waals surface area contributed by atoms with Crippen LogP contribution in [0.15, 0.2) is 42.6 Å². The van der Waals surface area contributed by atoms with Crippen molar-refractivity contribution in [1.82, 2.24) is 10.3 Å². The monoisotopic (exact) mass is 354 g/mol. The van der Waals surface area contributed by atoms with Crippen LogP contribution in [0.25, 0.3) is 10.9 Å². The predicted octanol–water partition coefficient (Wildman–Crippen LogP) is 3.92. The van der Waals surface area contributed by atoms with E-state index in [4.69, 9.17) is 14.2 Å². The molecule has 138 valence electrons. The summed E-state index contributed by atoms with van der Waals surface area (Å²) in [5.41, 5.74) is 3.68. The quantitative estimate of drug-likeness (QED) is 0.572. The molecule has 0 spiro atoms. The Bertz CT molecular complexity index is 832. The fourth-order valence-electron chi connectivity index (χ4n) is 3.21. The van der Waals surface area contributed by atoms with E-state index in [0.29, 0.717) is 17.2 Å². The number of aromatic nitrogens is 1. The largest absolute Gasteiger partial charge is 0.493 e. The molecular formula is C21H26N2O3. The molecule has 0 aliphatic carbocycles. The van der Waals surface area contributed by atoms with Gasteiger partial charge in [0.15, 0.2) is 11.5 Å². The summed E-state index contributed by atoms with van der Waals surface area (Å²) in [7, 11) is 4.88. The lowest BCUT2D eigenvalue weighted by molar-refractivity contribution is 0.323. The first kappa shape index (κ1) is 18.1. The number of para-hydroxylation sites is 1. The van der Waals surface area contributed by atoms with Crippen molar-refractivity contribution in [2.45, 2.75) is 19.4 Å². The Hall–Kier alpha value is -2.66. The molecule has 2 aromatic carbocycles. The summed E-state index contributed by atoms with van der Waals surface area (Å²) >= 11 is 0. The molecule has 0 amide bonds. The number of aromatic amines is 1. The number of fused-ring (bicyclic) bond motifs is 1. The summed E-state index contributed by atoms with van der Waals surface area (Å²) in [5, 5.41) is 4.81. The Kier molecular flexibility index (Phi) is 6.02. The van der Waals surface area contributed by atoms with E-state index in [1.54, 1.807) is 21.3 Å². The highest BCUT2D eigenvalue weighted by molar-refractivity contribution is 5.82. The van der Waals surface area contributed by atoms with Crippen LogP contribution in [0.3, 0.4) is 0 Å². The Morgan fingerprint density at radius 2 is 1.69 bits per heavy atom. The van der Waals surface area contributed by atoms with Crippen LogP contribution >= 0.6 is 0 Å². The van der Waals surface area contributed by atoms with Crippen LogP contribution in [0, 0.1) is 0 Å². The van der Waals surface area contributed by atoms with Gasteiger partial charge in [-0.3, -0.25) is 0 Å². The third-order valence-corrected chi connectivity index (χ3v) is 4.53. The number of rotatable bonds is 9. The maximum Gasteiger partial charge on any atom is 0.203 e. The Balaban J connectivity index is 1.53. The standard InChI is InChI=1S/C21H26N2O3/c1-24-19-11-15(12-20(25-2)21(19)26-3)13-22-10-6-7-16-14-23-18-9-5-4-8-17(16)18/h4-5,8-9,11-12,14,22-23H,6-7,10,13H2,1-3H3. The molecule has 0 aliphatic rings. The van der Waals surface area contributed by atoms with Crippen LogP contribution in [0.4, 0.5) is 0 Å². The maximum absolute atomic E-state index is 5.40. The van der Waals surface area contributed by atoms with Gasteiger partial charge in [0.05, 0.1) is 21.3 Å². The summed E-state index contributed by atoms with van der Waals surface area (Å²) < 4.78 is 16.2.